The van der Waals surface area contributed by atoms with Crippen LogP contribution in [0.1, 0.15) is 36.0 Å². The Labute approximate surface area is 123 Å². The summed E-state index contributed by atoms with van der Waals surface area (Å²) < 4.78 is 4.90. The summed E-state index contributed by atoms with van der Waals surface area (Å²) in [5.41, 5.74) is 0.295. The maximum Gasteiger partial charge on any atom is 0.275 e. The average Bonchev–Trinajstić information content (AvgIpc) is 2.90. The molecule has 2 aromatic rings. The van der Waals surface area contributed by atoms with Crippen LogP contribution < -0.4 is 10.2 Å². The largest absolute Gasteiger partial charge is 0.360 e. The zero-order chi connectivity index (χ0) is 15.2. The van der Waals surface area contributed by atoms with E-state index >= 15 is 0 Å². The lowest BCUT2D eigenvalue weighted by Gasteiger charge is -2.17. The molecule has 2 aromatic heterocycles. The number of aryl methyl sites for hydroxylation is 1. The molecule has 1 amide bonds. The van der Waals surface area contributed by atoms with Crippen LogP contribution in [0.3, 0.4) is 0 Å². The minimum atomic E-state index is -0.337. The van der Waals surface area contributed by atoms with Crippen molar-refractivity contribution in [3.8, 4) is 0 Å². The van der Waals surface area contributed by atoms with Gasteiger partial charge in [-0.25, -0.2) is 9.97 Å². The molecule has 0 spiro atoms. The third kappa shape index (κ3) is 4.01. The summed E-state index contributed by atoms with van der Waals surface area (Å²) in [4.78, 5) is 22.3. The van der Waals surface area contributed by atoms with Gasteiger partial charge in [0.15, 0.2) is 5.82 Å². The van der Waals surface area contributed by atoms with Crippen molar-refractivity contribution in [1.82, 2.24) is 15.1 Å². The van der Waals surface area contributed by atoms with Crippen molar-refractivity contribution >= 4 is 17.5 Å². The second kappa shape index (κ2) is 6.83. The predicted molar refractivity (Wildman–Crippen MR) is 79.4 cm³/mol. The van der Waals surface area contributed by atoms with E-state index in [9.17, 15) is 4.79 Å². The molecular formula is C14H19N5O2. The van der Waals surface area contributed by atoms with E-state index in [-0.39, 0.29) is 5.91 Å². The molecule has 0 fully saturated rings. The molecule has 0 aliphatic heterocycles. The molecule has 0 saturated heterocycles. The van der Waals surface area contributed by atoms with Crippen molar-refractivity contribution in [3.05, 3.63) is 29.9 Å². The van der Waals surface area contributed by atoms with Crippen molar-refractivity contribution in [2.75, 3.05) is 23.8 Å². The number of hydrogen-bond acceptors (Lipinski definition) is 6. The zero-order valence-corrected chi connectivity index (χ0v) is 12.5. The molecular weight excluding hydrogens is 270 g/mol. The number of anilines is 2. The highest BCUT2D eigenvalue weighted by molar-refractivity contribution is 6.02. The number of carbonyl (C=O) groups is 1. The summed E-state index contributed by atoms with van der Waals surface area (Å²) in [6.45, 7) is 4.78. The molecule has 7 nitrogen and oxygen atoms in total. The van der Waals surface area contributed by atoms with Gasteiger partial charge in [-0.1, -0.05) is 18.5 Å². The van der Waals surface area contributed by atoms with E-state index in [1.54, 1.807) is 19.1 Å². The molecule has 0 saturated carbocycles. The van der Waals surface area contributed by atoms with Crippen LogP contribution in [-0.4, -0.2) is 34.6 Å². The number of unbranched alkanes of at least 4 members (excludes halogenated alkanes) is 1. The van der Waals surface area contributed by atoms with Crippen LogP contribution in [0.25, 0.3) is 0 Å². The first kappa shape index (κ1) is 15.0. The fraction of sp³-hybridized carbons (Fsp3) is 0.429. The molecule has 2 heterocycles. The average molecular weight is 289 g/mol. The minimum Gasteiger partial charge on any atom is -0.360 e. The zero-order valence-electron chi connectivity index (χ0n) is 12.5. The molecule has 7 heteroatoms. The third-order valence-electron chi connectivity index (χ3n) is 2.99. The van der Waals surface area contributed by atoms with Gasteiger partial charge in [-0.15, -0.1) is 0 Å². The number of amides is 1. The monoisotopic (exact) mass is 289 g/mol. The first-order valence-electron chi connectivity index (χ1n) is 6.88. The molecule has 0 aromatic carbocycles. The van der Waals surface area contributed by atoms with Gasteiger partial charge >= 0.3 is 0 Å². The van der Waals surface area contributed by atoms with E-state index in [4.69, 9.17) is 4.52 Å². The summed E-state index contributed by atoms with van der Waals surface area (Å²) in [6, 6.07) is 3.31. The summed E-state index contributed by atoms with van der Waals surface area (Å²) in [7, 11) is 1.95. The van der Waals surface area contributed by atoms with E-state index in [0.29, 0.717) is 17.3 Å². The predicted octanol–water partition coefficient (Wildman–Crippen LogP) is 2.26. The Morgan fingerprint density at radius 3 is 2.86 bits per heavy atom. The van der Waals surface area contributed by atoms with Crippen LogP contribution >= 0.6 is 0 Å². The quantitative estimate of drug-likeness (QED) is 0.878. The van der Waals surface area contributed by atoms with E-state index < -0.39 is 0 Å². The normalized spacial score (nSPS) is 10.4. The highest BCUT2D eigenvalue weighted by Crippen LogP contribution is 2.12. The van der Waals surface area contributed by atoms with Crippen molar-refractivity contribution in [3.63, 3.8) is 0 Å². The van der Waals surface area contributed by atoms with Gasteiger partial charge in [0.25, 0.3) is 5.91 Å². The molecule has 0 radical (unpaired) electrons. The van der Waals surface area contributed by atoms with Gasteiger partial charge in [0, 0.05) is 25.7 Å². The lowest BCUT2D eigenvalue weighted by molar-refractivity contribution is 0.102. The second-order valence-electron chi connectivity index (χ2n) is 4.81. The lowest BCUT2D eigenvalue weighted by Crippen LogP contribution is -2.21. The molecule has 0 unspecified atom stereocenters. The fourth-order valence-electron chi connectivity index (χ4n) is 1.80. The third-order valence-corrected chi connectivity index (χ3v) is 2.99. The van der Waals surface area contributed by atoms with Crippen LogP contribution in [0, 0.1) is 6.92 Å². The molecule has 0 atom stereocenters. The van der Waals surface area contributed by atoms with Crippen LogP contribution in [0.2, 0.25) is 0 Å². The molecule has 112 valence electrons. The van der Waals surface area contributed by atoms with Crippen molar-refractivity contribution in [2.24, 2.45) is 0 Å². The van der Waals surface area contributed by atoms with Gasteiger partial charge in [0.1, 0.15) is 23.6 Å². The first-order chi connectivity index (χ1) is 10.1. The summed E-state index contributed by atoms with van der Waals surface area (Å²) in [6.07, 6.45) is 3.56. The Balaban J connectivity index is 2.07. The Morgan fingerprint density at radius 2 is 2.19 bits per heavy atom. The van der Waals surface area contributed by atoms with Crippen LogP contribution in [0.15, 0.2) is 23.0 Å². The van der Waals surface area contributed by atoms with E-state index in [0.717, 1.165) is 25.2 Å². The van der Waals surface area contributed by atoms with Crippen LogP contribution in [0.4, 0.5) is 11.6 Å². The summed E-state index contributed by atoms with van der Waals surface area (Å²) >= 11 is 0. The van der Waals surface area contributed by atoms with Crippen molar-refractivity contribution in [1.29, 1.82) is 0 Å². The number of carbonyl (C=O) groups excluding carboxylic acids is 1. The number of nitrogens with one attached hydrogen (secondary N) is 1. The van der Waals surface area contributed by atoms with Gasteiger partial charge < -0.3 is 14.7 Å². The molecule has 21 heavy (non-hydrogen) atoms. The van der Waals surface area contributed by atoms with E-state index in [2.05, 4.69) is 27.4 Å². The fourth-order valence-corrected chi connectivity index (χ4v) is 1.80. The Bertz CT molecular complexity index is 611. The summed E-state index contributed by atoms with van der Waals surface area (Å²) in [5, 5.41) is 6.35. The van der Waals surface area contributed by atoms with Crippen molar-refractivity contribution in [2.45, 2.75) is 26.7 Å². The Hall–Kier alpha value is -2.44. The standard InChI is InChI=1S/C14H19N5O2/c1-4-5-6-19(3)13-8-11(15-9-16-13)14(20)17-12-7-10(2)21-18-12/h7-9H,4-6H2,1-3H3,(H,17,18,20). The smallest absolute Gasteiger partial charge is 0.275 e. The van der Waals surface area contributed by atoms with Crippen molar-refractivity contribution < 1.29 is 9.32 Å². The number of aromatic nitrogens is 3. The van der Waals surface area contributed by atoms with Gasteiger partial charge in [0.05, 0.1) is 0 Å². The molecule has 0 bridgehead atoms. The molecule has 1 N–H and O–H groups in total. The molecule has 0 aliphatic rings. The molecule has 2 rings (SSSR count). The maximum absolute atomic E-state index is 12.1. The number of nitrogens with zero attached hydrogens (tertiary/aromatic N) is 4. The van der Waals surface area contributed by atoms with Gasteiger partial charge in [-0.05, 0) is 13.3 Å². The van der Waals surface area contributed by atoms with E-state index in [1.165, 1.54) is 6.33 Å². The minimum absolute atomic E-state index is 0.295. The number of rotatable bonds is 6. The van der Waals surface area contributed by atoms with Gasteiger partial charge in [-0.2, -0.15) is 0 Å². The van der Waals surface area contributed by atoms with E-state index in [1.807, 2.05) is 11.9 Å². The summed E-state index contributed by atoms with van der Waals surface area (Å²) in [5.74, 6) is 1.39. The van der Waals surface area contributed by atoms with Gasteiger partial charge in [0.2, 0.25) is 0 Å². The number of hydrogen-bond donors (Lipinski definition) is 1. The SMILES string of the molecule is CCCCN(C)c1cc(C(=O)Nc2cc(C)on2)ncn1. The second-order valence-corrected chi connectivity index (χ2v) is 4.81. The highest BCUT2D eigenvalue weighted by Gasteiger charge is 2.12. The highest BCUT2D eigenvalue weighted by atomic mass is 16.5. The van der Waals surface area contributed by atoms with Crippen LogP contribution in [0.5, 0.6) is 0 Å². The Morgan fingerprint density at radius 1 is 1.38 bits per heavy atom. The molecule has 0 aliphatic carbocycles. The Kier molecular flexibility index (Phi) is 4.86. The van der Waals surface area contributed by atoms with Gasteiger partial charge in [-0.3, -0.25) is 4.79 Å². The lowest BCUT2D eigenvalue weighted by atomic mass is 10.3. The van der Waals surface area contributed by atoms with Crippen LogP contribution in [-0.2, 0) is 0 Å². The first-order valence-corrected chi connectivity index (χ1v) is 6.88. The topological polar surface area (TPSA) is 84.2 Å². The maximum atomic E-state index is 12.1.